The summed E-state index contributed by atoms with van der Waals surface area (Å²) in [5.41, 5.74) is 7.76. The maximum Gasteiger partial charge on any atom is 0.306 e. The third kappa shape index (κ3) is 2.49. The van der Waals surface area contributed by atoms with Crippen molar-refractivity contribution in [1.82, 2.24) is 4.98 Å². The van der Waals surface area contributed by atoms with Gasteiger partial charge in [-0.2, -0.15) is 0 Å². The Morgan fingerprint density at radius 3 is 2.71 bits per heavy atom. The number of pyridine rings is 1. The van der Waals surface area contributed by atoms with E-state index in [1.54, 1.807) is 6.20 Å². The highest BCUT2D eigenvalue weighted by atomic mass is 16.4. The smallest absolute Gasteiger partial charge is 0.306 e. The predicted octanol–water partition coefficient (Wildman–Crippen LogP) is 1.27. The minimum absolute atomic E-state index is 0.201. The summed E-state index contributed by atoms with van der Waals surface area (Å²) in [6.07, 6.45) is 3.16. The number of nitrogens with two attached hydrogens (primary N) is 1. The van der Waals surface area contributed by atoms with Crippen LogP contribution in [0.2, 0.25) is 0 Å². The van der Waals surface area contributed by atoms with E-state index >= 15 is 0 Å². The molecule has 0 aliphatic carbocycles. The second-order valence-electron chi connectivity index (χ2n) is 4.50. The lowest BCUT2D eigenvalue weighted by Gasteiger charge is -2.32. The standard InChI is InChI=1S/C12H17N3O2/c1-8-6-11(13)14-7-10(8)15-4-2-9(3-5-15)12(16)17/h6-7,9H,2-5H2,1H3,(H2,13,14)(H,16,17). The molecule has 0 bridgehead atoms. The molecule has 0 spiro atoms. The van der Waals surface area contributed by atoms with Crippen molar-refractivity contribution in [2.24, 2.45) is 5.92 Å². The molecule has 1 saturated heterocycles. The Kier molecular flexibility index (Phi) is 3.17. The molecule has 0 saturated carbocycles. The third-order valence-electron chi connectivity index (χ3n) is 3.29. The number of anilines is 2. The zero-order valence-electron chi connectivity index (χ0n) is 9.89. The van der Waals surface area contributed by atoms with E-state index in [1.165, 1.54) is 0 Å². The molecule has 2 heterocycles. The number of hydrogen-bond acceptors (Lipinski definition) is 4. The van der Waals surface area contributed by atoms with Gasteiger partial charge in [-0.25, -0.2) is 4.98 Å². The Labute approximate surface area is 100 Å². The van der Waals surface area contributed by atoms with Crippen molar-refractivity contribution in [2.75, 3.05) is 23.7 Å². The number of aryl methyl sites for hydroxylation is 1. The largest absolute Gasteiger partial charge is 0.481 e. The maximum absolute atomic E-state index is 10.9. The van der Waals surface area contributed by atoms with E-state index in [0.717, 1.165) is 24.3 Å². The van der Waals surface area contributed by atoms with Crippen LogP contribution in [0.15, 0.2) is 12.3 Å². The monoisotopic (exact) mass is 235 g/mol. The van der Waals surface area contributed by atoms with Crippen molar-refractivity contribution in [3.8, 4) is 0 Å². The van der Waals surface area contributed by atoms with Crippen LogP contribution < -0.4 is 10.6 Å². The van der Waals surface area contributed by atoms with Gasteiger partial charge in [0.15, 0.2) is 0 Å². The molecule has 1 aliphatic rings. The third-order valence-corrected chi connectivity index (χ3v) is 3.29. The van der Waals surface area contributed by atoms with E-state index < -0.39 is 5.97 Å². The van der Waals surface area contributed by atoms with Crippen LogP contribution in [0.3, 0.4) is 0 Å². The minimum atomic E-state index is -0.684. The molecule has 5 nitrogen and oxygen atoms in total. The fourth-order valence-electron chi connectivity index (χ4n) is 2.27. The molecular formula is C12H17N3O2. The average Bonchev–Trinajstić information content (AvgIpc) is 2.29. The summed E-state index contributed by atoms with van der Waals surface area (Å²) in [5.74, 6) is -0.364. The molecular weight excluding hydrogens is 218 g/mol. The van der Waals surface area contributed by atoms with Crippen molar-refractivity contribution in [3.05, 3.63) is 17.8 Å². The first-order valence-corrected chi connectivity index (χ1v) is 5.78. The molecule has 3 N–H and O–H groups in total. The lowest BCUT2D eigenvalue weighted by atomic mass is 9.96. The zero-order chi connectivity index (χ0) is 12.4. The Hall–Kier alpha value is -1.78. The van der Waals surface area contributed by atoms with Crippen LogP contribution in [0.5, 0.6) is 0 Å². The van der Waals surface area contributed by atoms with E-state index in [9.17, 15) is 4.79 Å². The Morgan fingerprint density at radius 2 is 2.18 bits per heavy atom. The zero-order valence-corrected chi connectivity index (χ0v) is 9.89. The molecule has 5 heteroatoms. The molecule has 2 rings (SSSR count). The van der Waals surface area contributed by atoms with Gasteiger partial charge in [-0.1, -0.05) is 0 Å². The molecule has 0 aromatic carbocycles. The molecule has 0 amide bonds. The normalized spacial score (nSPS) is 17.1. The van der Waals surface area contributed by atoms with Gasteiger partial charge in [0.25, 0.3) is 0 Å². The highest BCUT2D eigenvalue weighted by Crippen LogP contribution is 2.26. The summed E-state index contributed by atoms with van der Waals surface area (Å²) in [6, 6.07) is 1.85. The van der Waals surface area contributed by atoms with Gasteiger partial charge in [0, 0.05) is 13.1 Å². The van der Waals surface area contributed by atoms with Crippen LogP contribution in [0.25, 0.3) is 0 Å². The van der Waals surface area contributed by atoms with Crippen molar-refractivity contribution in [3.63, 3.8) is 0 Å². The van der Waals surface area contributed by atoms with Gasteiger partial charge in [0.2, 0.25) is 0 Å². The second kappa shape index (κ2) is 4.61. The summed E-state index contributed by atoms with van der Waals surface area (Å²) >= 11 is 0. The van der Waals surface area contributed by atoms with Crippen molar-refractivity contribution in [1.29, 1.82) is 0 Å². The van der Waals surface area contributed by atoms with Crippen LogP contribution in [-0.2, 0) is 4.79 Å². The highest BCUT2D eigenvalue weighted by Gasteiger charge is 2.25. The number of carboxylic acid groups (broad SMARTS) is 1. The van der Waals surface area contributed by atoms with Crippen molar-refractivity contribution in [2.45, 2.75) is 19.8 Å². The summed E-state index contributed by atoms with van der Waals surface area (Å²) in [6.45, 7) is 3.53. The molecule has 0 atom stereocenters. The number of nitrogens with zero attached hydrogens (tertiary/aromatic N) is 2. The number of aliphatic carboxylic acids is 1. The predicted molar refractivity (Wildman–Crippen MR) is 66.0 cm³/mol. The topological polar surface area (TPSA) is 79.5 Å². The molecule has 17 heavy (non-hydrogen) atoms. The number of piperidine rings is 1. The van der Waals surface area contributed by atoms with Crippen LogP contribution in [0, 0.1) is 12.8 Å². The summed E-state index contributed by atoms with van der Waals surface area (Å²) in [7, 11) is 0. The molecule has 1 aromatic rings. The van der Waals surface area contributed by atoms with E-state index in [4.69, 9.17) is 10.8 Å². The van der Waals surface area contributed by atoms with Gasteiger partial charge < -0.3 is 15.7 Å². The summed E-state index contributed by atoms with van der Waals surface area (Å²) in [4.78, 5) is 17.1. The van der Waals surface area contributed by atoms with Gasteiger partial charge in [-0.05, 0) is 31.4 Å². The molecule has 0 unspecified atom stereocenters. The first kappa shape index (κ1) is 11.7. The number of nitrogen functional groups attached to an aromatic ring is 1. The van der Waals surface area contributed by atoms with E-state index in [1.807, 2.05) is 13.0 Å². The van der Waals surface area contributed by atoms with Crippen LogP contribution in [0.1, 0.15) is 18.4 Å². The SMILES string of the molecule is Cc1cc(N)ncc1N1CCC(C(=O)O)CC1. The fraction of sp³-hybridized carbons (Fsp3) is 0.500. The number of rotatable bonds is 2. The lowest BCUT2D eigenvalue weighted by Crippen LogP contribution is -2.36. The summed E-state index contributed by atoms with van der Waals surface area (Å²) in [5, 5.41) is 8.94. The summed E-state index contributed by atoms with van der Waals surface area (Å²) < 4.78 is 0. The Balaban J connectivity index is 2.08. The lowest BCUT2D eigenvalue weighted by molar-refractivity contribution is -0.142. The average molecular weight is 235 g/mol. The van der Waals surface area contributed by atoms with Crippen LogP contribution in [-0.4, -0.2) is 29.1 Å². The number of carboxylic acids is 1. The van der Waals surface area contributed by atoms with Gasteiger partial charge in [-0.15, -0.1) is 0 Å². The molecule has 0 radical (unpaired) electrons. The minimum Gasteiger partial charge on any atom is -0.481 e. The van der Waals surface area contributed by atoms with Crippen molar-refractivity contribution < 1.29 is 9.90 Å². The van der Waals surface area contributed by atoms with Gasteiger partial charge in [-0.3, -0.25) is 4.79 Å². The van der Waals surface area contributed by atoms with Gasteiger partial charge in [0.05, 0.1) is 17.8 Å². The molecule has 1 fully saturated rings. The van der Waals surface area contributed by atoms with Gasteiger partial charge in [0.1, 0.15) is 5.82 Å². The van der Waals surface area contributed by atoms with E-state index in [0.29, 0.717) is 18.7 Å². The molecule has 1 aromatic heterocycles. The van der Waals surface area contributed by atoms with Gasteiger partial charge >= 0.3 is 5.97 Å². The number of carbonyl (C=O) groups is 1. The maximum atomic E-state index is 10.9. The van der Waals surface area contributed by atoms with Crippen molar-refractivity contribution >= 4 is 17.5 Å². The number of hydrogen-bond donors (Lipinski definition) is 2. The first-order valence-electron chi connectivity index (χ1n) is 5.78. The fourth-order valence-corrected chi connectivity index (χ4v) is 2.27. The number of aromatic nitrogens is 1. The molecule has 92 valence electrons. The Morgan fingerprint density at radius 1 is 1.53 bits per heavy atom. The van der Waals surface area contributed by atoms with Crippen LogP contribution in [0.4, 0.5) is 11.5 Å². The quantitative estimate of drug-likeness (QED) is 0.807. The van der Waals surface area contributed by atoms with Crippen LogP contribution >= 0.6 is 0 Å². The Bertz CT molecular complexity index is 426. The first-order chi connectivity index (χ1) is 8.08. The molecule has 1 aliphatic heterocycles. The van der Waals surface area contributed by atoms with E-state index in [-0.39, 0.29) is 5.92 Å². The second-order valence-corrected chi connectivity index (χ2v) is 4.50. The highest BCUT2D eigenvalue weighted by molar-refractivity contribution is 5.70. The van der Waals surface area contributed by atoms with E-state index in [2.05, 4.69) is 9.88 Å².